The largest absolute Gasteiger partial charge is 0.545 e. The quantitative estimate of drug-likeness (QED) is 0.323. The fraction of sp³-hybridized carbons (Fsp3) is 0.0400. The maximum Gasteiger partial charge on any atom is 0.234 e. The standard InChI is InChI=1S/C25H18ClN5O3S/c26-15-9-11-16(12-10-15)31-23(19-13-27-20-7-3-1-5-17(19)20)29-30-25(31)35-14-22(32)28-21-8-4-2-6-18(21)24(33)34/h1-13,27H,14H2,(H,28,32)(H,33,34)/p-1. The van der Waals surface area contributed by atoms with Gasteiger partial charge in [0.05, 0.1) is 11.7 Å². The number of para-hydroxylation sites is 2. The molecule has 5 aromatic rings. The van der Waals surface area contributed by atoms with Crippen molar-refractivity contribution in [3.05, 3.63) is 89.6 Å². The highest BCUT2D eigenvalue weighted by molar-refractivity contribution is 7.99. The molecule has 174 valence electrons. The van der Waals surface area contributed by atoms with Crippen molar-refractivity contribution in [1.82, 2.24) is 19.7 Å². The van der Waals surface area contributed by atoms with Gasteiger partial charge in [-0.15, -0.1) is 10.2 Å². The van der Waals surface area contributed by atoms with Crippen LogP contribution in [0, 0.1) is 0 Å². The third kappa shape index (κ3) is 4.64. The molecule has 0 aliphatic carbocycles. The van der Waals surface area contributed by atoms with Crippen molar-refractivity contribution in [2.75, 3.05) is 11.1 Å². The molecule has 5 rings (SSSR count). The number of anilines is 1. The van der Waals surface area contributed by atoms with Crippen LogP contribution in [0.4, 0.5) is 5.69 Å². The van der Waals surface area contributed by atoms with Crippen molar-refractivity contribution in [3.8, 4) is 17.1 Å². The number of carboxylic acids is 1. The molecular weight excluding hydrogens is 486 g/mol. The molecular formula is C25H17ClN5O3S-. The van der Waals surface area contributed by atoms with Gasteiger partial charge in [-0.1, -0.05) is 59.8 Å². The lowest BCUT2D eigenvalue weighted by molar-refractivity contribution is -0.254. The van der Waals surface area contributed by atoms with Crippen LogP contribution in [0.25, 0.3) is 28.0 Å². The van der Waals surface area contributed by atoms with E-state index in [2.05, 4.69) is 20.5 Å². The molecule has 2 heterocycles. The van der Waals surface area contributed by atoms with Gasteiger partial charge in [-0.2, -0.15) is 0 Å². The Kier molecular flexibility index (Phi) is 6.26. The van der Waals surface area contributed by atoms with E-state index < -0.39 is 5.97 Å². The second-order valence-electron chi connectivity index (χ2n) is 7.54. The minimum Gasteiger partial charge on any atom is -0.545 e. The van der Waals surface area contributed by atoms with Gasteiger partial charge in [-0.25, -0.2) is 0 Å². The number of benzene rings is 3. The Morgan fingerprint density at radius 3 is 2.54 bits per heavy atom. The van der Waals surface area contributed by atoms with Crippen LogP contribution < -0.4 is 10.4 Å². The van der Waals surface area contributed by atoms with E-state index in [-0.39, 0.29) is 22.9 Å². The van der Waals surface area contributed by atoms with Gasteiger partial charge >= 0.3 is 0 Å². The van der Waals surface area contributed by atoms with Crippen LogP contribution in [-0.4, -0.2) is 37.4 Å². The molecule has 8 nitrogen and oxygen atoms in total. The first kappa shape index (κ1) is 22.7. The van der Waals surface area contributed by atoms with E-state index in [1.165, 1.54) is 23.9 Å². The normalized spacial score (nSPS) is 11.0. The molecule has 2 N–H and O–H groups in total. The van der Waals surface area contributed by atoms with Gasteiger partial charge in [-0.05, 0) is 36.4 Å². The second-order valence-corrected chi connectivity index (χ2v) is 8.91. The topological polar surface area (TPSA) is 116 Å². The average Bonchev–Trinajstić information content (AvgIpc) is 3.47. The summed E-state index contributed by atoms with van der Waals surface area (Å²) in [5, 5.41) is 24.8. The highest BCUT2D eigenvalue weighted by Gasteiger charge is 2.20. The number of hydrogen-bond acceptors (Lipinski definition) is 6. The molecule has 0 fully saturated rings. The predicted molar refractivity (Wildman–Crippen MR) is 134 cm³/mol. The Bertz CT molecular complexity index is 1540. The highest BCUT2D eigenvalue weighted by atomic mass is 35.5. The predicted octanol–water partition coefficient (Wildman–Crippen LogP) is 4.16. The van der Waals surface area contributed by atoms with Crippen LogP contribution in [0.1, 0.15) is 10.4 Å². The molecule has 0 atom stereocenters. The lowest BCUT2D eigenvalue weighted by Gasteiger charge is -2.12. The fourth-order valence-electron chi connectivity index (χ4n) is 3.70. The molecule has 0 unspecified atom stereocenters. The molecule has 1 amide bonds. The number of fused-ring (bicyclic) bond motifs is 1. The zero-order valence-corrected chi connectivity index (χ0v) is 19.6. The smallest absolute Gasteiger partial charge is 0.234 e. The van der Waals surface area contributed by atoms with Gasteiger partial charge in [0, 0.05) is 44.6 Å². The summed E-state index contributed by atoms with van der Waals surface area (Å²) in [5.74, 6) is -1.15. The van der Waals surface area contributed by atoms with E-state index in [9.17, 15) is 14.7 Å². The van der Waals surface area contributed by atoms with E-state index in [4.69, 9.17) is 11.6 Å². The van der Waals surface area contributed by atoms with Crippen LogP contribution in [0.3, 0.4) is 0 Å². The lowest BCUT2D eigenvalue weighted by Crippen LogP contribution is -2.25. The monoisotopic (exact) mass is 502 g/mol. The molecule has 2 aromatic heterocycles. The summed E-state index contributed by atoms with van der Waals surface area (Å²) in [4.78, 5) is 27.2. The molecule has 0 aliphatic heterocycles. The van der Waals surface area contributed by atoms with E-state index in [1.807, 2.05) is 47.2 Å². The molecule has 0 saturated heterocycles. The van der Waals surface area contributed by atoms with E-state index >= 15 is 0 Å². The van der Waals surface area contributed by atoms with Crippen LogP contribution in [-0.2, 0) is 4.79 Å². The number of thioether (sulfide) groups is 1. The first-order valence-corrected chi connectivity index (χ1v) is 11.9. The maximum absolute atomic E-state index is 12.6. The minimum atomic E-state index is -1.36. The van der Waals surface area contributed by atoms with Crippen molar-refractivity contribution in [3.63, 3.8) is 0 Å². The number of carboxylic acid groups (broad SMARTS) is 1. The van der Waals surface area contributed by atoms with E-state index in [0.29, 0.717) is 16.0 Å². The van der Waals surface area contributed by atoms with Gasteiger partial charge in [0.2, 0.25) is 5.91 Å². The van der Waals surface area contributed by atoms with Gasteiger partial charge in [0.1, 0.15) is 0 Å². The third-order valence-corrected chi connectivity index (χ3v) is 6.48. The van der Waals surface area contributed by atoms with Crippen LogP contribution in [0.5, 0.6) is 0 Å². The second kappa shape index (κ2) is 9.65. The first-order chi connectivity index (χ1) is 17.0. The summed E-state index contributed by atoms with van der Waals surface area (Å²) in [6, 6.07) is 21.2. The molecule has 0 spiro atoms. The van der Waals surface area contributed by atoms with Crippen molar-refractivity contribution in [2.45, 2.75) is 5.16 Å². The lowest BCUT2D eigenvalue weighted by atomic mass is 10.1. The Morgan fingerprint density at radius 1 is 1.00 bits per heavy atom. The summed E-state index contributed by atoms with van der Waals surface area (Å²) in [6.45, 7) is 0. The van der Waals surface area contributed by atoms with Gasteiger partial charge in [0.15, 0.2) is 11.0 Å². The summed E-state index contributed by atoms with van der Waals surface area (Å²) >= 11 is 7.28. The fourth-order valence-corrected chi connectivity index (χ4v) is 4.58. The van der Waals surface area contributed by atoms with E-state index in [1.54, 1.807) is 24.3 Å². The van der Waals surface area contributed by atoms with Crippen molar-refractivity contribution >= 4 is 51.8 Å². The molecule has 0 bridgehead atoms. The number of halogens is 1. The Morgan fingerprint density at radius 2 is 1.74 bits per heavy atom. The number of hydrogen-bond donors (Lipinski definition) is 2. The Hall–Kier alpha value is -4.08. The number of amides is 1. The highest BCUT2D eigenvalue weighted by Crippen LogP contribution is 2.32. The molecule has 10 heteroatoms. The Balaban J connectivity index is 1.46. The summed E-state index contributed by atoms with van der Waals surface area (Å²) in [5.41, 5.74) is 2.70. The van der Waals surface area contributed by atoms with Crippen molar-refractivity contribution < 1.29 is 14.7 Å². The van der Waals surface area contributed by atoms with Crippen molar-refractivity contribution in [2.24, 2.45) is 0 Å². The molecule has 0 saturated carbocycles. The Labute approximate surface area is 209 Å². The maximum atomic E-state index is 12.6. The van der Waals surface area contributed by atoms with Gasteiger partial charge in [0.25, 0.3) is 0 Å². The minimum absolute atomic E-state index is 0.0129. The van der Waals surface area contributed by atoms with Crippen molar-refractivity contribution in [1.29, 1.82) is 0 Å². The summed E-state index contributed by atoms with van der Waals surface area (Å²) in [6.07, 6.45) is 1.87. The third-order valence-electron chi connectivity index (χ3n) is 5.30. The number of aromatic carboxylic acids is 1. The van der Waals surface area contributed by atoms with Gasteiger partial charge in [-0.3, -0.25) is 9.36 Å². The number of H-pyrrole nitrogens is 1. The van der Waals surface area contributed by atoms with E-state index in [0.717, 1.165) is 22.2 Å². The van der Waals surface area contributed by atoms with Crippen LogP contribution in [0.15, 0.2) is 84.1 Å². The van der Waals surface area contributed by atoms with Crippen LogP contribution >= 0.6 is 23.4 Å². The number of aromatic amines is 1. The van der Waals surface area contributed by atoms with Gasteiger partial charge < -0.3 is 20.2 Å². The summed E-state index contributed by atoms with van der Waals surface area (Å²) < 4.78 is 1.86. The first-order valence-electron chi connectivity index (χ1n) is 10.5. The van der Waals surface area contributed by atoms with Crippen LogP contribution in [0.2, 0.25) is 5.02 Å². The number of aromatic nitrogens is 4. The molecule has 0 aliphatic rings. The average molecular weight is 503 g/mol. The number of carbonyl (C=O) groups is 2. The zero-order chi connectivity index (χ0) is 24.4. The molecule has 3 aromatic carbocycles. The molecule has 0 radical (unpaired) electrons. The number of carbonyl (C=O) groups excluding carboxylic acids is 2. The zero-order valence-electron chi connectivity index (χ0n) is 18.1. The number of nitrogens with zero attached hydrogens (tertiary/aromatic N) is 3. The summed E-state index contributed by atoms with van der Waals surface area (Å²) in [7, 11) is 0. The number of rotatable bonds is 7. The molecule has 35 heavy (non-hydrogen) atoms. The SMILES string of the molecule is O=C(CSc1nnc(-c2c[nH]c3ccccc23)n1-c1ccc(Cl)cc1)Nc1ccccc1C(=O)[O-]. The number of nitrogens with one attached hydrogen (secondary N) is 2.